The molecule has 2 heterocycles. The SMILES string of the molecule is Cl.Cn1c(CCCCCN2C[C@@H]3C[C@]3(c3ccc(C(Cl)(Cl)Cl)cc3)C2)nnc1-c1ccccc1Cl. The van der Waals surface area contributed by atoms with Gasteiger partial charge in [0, 0.05) is 43.1 Å². The second-order valence-electron chi connectivity index (χ2n) is 9.66. The van der Waals surface area contributed by atoms with E-state index in [1.807, 2.05) is 43.4 Å². The van der Waals surface area contributed by atoms with Crippen molar-refractivity contribution < 1.29 is 0 Å². The standard InChI is InChI=1S/C26H28Cl4N4.ClH/c1-33-23(31-32-24(33)21-7-4-5-8-22(21)27)9-3-2-6-14-34-16-20-15-25(20,17-34)18-10-12-19(13-11-18)26(28,29)30;/h4-5,7-8,10-13,20H,2-3,6,9,14-17H2,1H3;1H/t20-,25+;/m0./s1. The van der Waals surface area contributed by atoms with Gasteiger partial charge in [-0.05, 0) is 49.4 Å². The second-order valence-corrected chi connectivity index (χ2v) is 12.3. The van der Waals surface area contributed by atoms with E-state index in [0.717, 1.165) is 54.6 Å². The van der Waals surface area contributed by atoms with Gasteiger partial charge in [0.15, 0.2) is 5.82 Å². The van der Waals surface area contributed by atoms with Gasteiger partial charge in [-0.3, -0.25) is 0 Å². The smallest absolute Gasteiger partial charge is 0.216 e. The lowest BCUT2D eigenvalue weighted by Crippen LogP contribution is -2.27. The Bertz CT molecular complexity index is 1160. The molecule has 4 nitrogen and oxygen atoms in total. The predicted octanol–water partition coefficient (Wildman–Crippen LogP) is 7.37. The van der Waals surface area contributed by atoms with Gasteiger partial charge < -0.3 is 9.47 Å². The third-order valence-electron chi connectivity index (χ3n) is 7.46. The molecule has 0 bridgehead atoms. The maximum absolute atomic E-state index is 6.33. The number of halogens is 5. The van der Waals surface area contributed by atoms with Gasteiger partial charge >= 0.3 is 0 Å². The molecule has 0 amide bonds. The number of alkyl halides is 3. The number of hydrogen-bond donors (Lipinski definition) is 0. The van der Waals surface area contributed by atoms with E-state index in [0.29, 0.717) is 10.4 Å². The first-order chi connectivity index (χ1) is 16.3. The molecule has 2 atom stereocenters. The zero-order valence-corrected chi connectivity index (χ0v) is 23.4. The first-order valence-corrected chi connectivity index (χ1v) is 13.3. The van der Waals surface area contributed by atoms with Crippen LogP contribution in [0, 0.1) is 5.92 Å². The Kier molecular flexibility index (Phi) is 8.32. The molecule has 1 saturated heterocycles. The normalized spacial score (nSPS) is 21.6. The molecule has 188 valence electrons. The van der Waals surface area contributed by atoms with Crippen molar-refractivity contribution in [2.75, 3.05) is 19.6 Å². The van der Waals surface area contributed by atoms with E-state index in [4.69, 9.17) is 46.4 Å². The van der Waals surface area contributed by atoms with E-state index >= 15 is 0 Å². The third-order valence-corrected chi connectivity index (χ3v) is 8.44. The van der Waals surface area contributed by atoms with Gasteiger partial charge in [-0.1, -0.05) is 89.2 Å². The monoisotopic (exact) mass is 572 g/mol. The van der Waals surface area contributed by atoms with Crippen molar-refractivity contribution in [3.05, 3.63) is 70.5 Å². The number of likely N-dealkylation sites (tertiary alicyclic amines) is 1. The zero-order valence-electron chi connectivity index (χ0n) is 19.6. The fourth-order valence-electron chi connectivity index (χ4n) is 5.45. The Labute approximate surface area is 233 Å². The van der Waals surface area contributed by atoms with Crippen LogP contribution in [-0.2, 0) is 22.7 Å². The van der Waals surface area contributed by atoms with Gasteiger partial charge in [0.2, 0.25) is 3.79 Å². The largest absolute Gasteiger partial charge is 0.314 e. The van der Waals surface area contributed by atoms with E-state index in [2.05, 4.69) is 31.8 Å². The van der Waals surface area contributed by atoms with Crippen molar-refractivity contribution in [3.8, 4) is 11.4 Å². The summed E-state index contributed by atoms with van der Waals surface area (Å²) in [4.78, 5) is 2.62. The molecule has 1 aromatic heterocycles. The zero-order chi connectivity index (χ0) is 23.9. The van der Waals surface area contributed by atoms with Crippen molar-refractivity contribution >= 4 is 58.8 Å². The van der Waals surface area contributed by atoms with Crippen LogP contribution in [0.25, 0.3) is 11.4 Å². The van der Waals surface area contributed by atoms with Crippen LogP contribution in [0.3, 0.4) is 0 Å². The quantitative estimate of drug-likeness (QED) is 0.208. The molecule has 9 heteroatoms. The Morgan fingerprint density at radius 1 is 1.00 bits per heavy atom. The van der Waals surface area contributed by atoms with Gasteiger partial charge in [0.05, 0.1) is 5.02 Å². The summed E-state index contributed by atoms with van der Waals surface area (Å²) < 4.78 is 0.703. The number of nitrogens with zero attached hydrogens (tertiary/aromatic N) is 4. The molecule has 2 aromatic carbocycles. The lowest BCUT2D eigenvalue weighted by molar-refractivity contribution is 0.290. The van der Waals surface area contributed by atoms with Crippen LogP contribution in [0.15, 0.2) is 48.5 Å². The summed E-state index contributed by atoms with van der Waals surface area (Å²) in [7, 11) is 2.02. The van der Waals surface area contributed by atoms with Gasteiger partial charge in [-0.15, -0.1) is 22.6 Å². The molecule has 0 unspecified atom stereocenters. The van der Waals surface area contributed by atoms with Crippen LogP contribution in [0.2, 0.25) is 5.02 Å². The molecule has 1 saturated carbocycles. The average Bonchev–Trinajstić information content (AvgIpc) is 3.19. The van der Waals surface area contributed by atoms with E-state index in [1.165, 1.54) is 31.4 Å². The summed E-state index contributed by atoms with van der Waals surface area (Å²) in [5, 5.41) is 9.48. The molecule has 1 aliphatic carbocycles. The van der Waals surface area contributed by atoms with E-state index in [9.17, 15) is 0 Å². The molecule has 5 rings (SSSR count). The summed E-state index contributed by atoms with van der Waals surface area (Å²) >= 11 is 24.4. The molecule has 3 aromatic rings. The number of benzene rings is 2. The summed E-state index contributed by atoms with van der Waals surface area (Å²) in [5.74, 6) is 2.59. The molecule has 1 aliphatic heterocycles. The molecule has 35 heavy (non-hydrogen) atoms. The van der Waals surface area contributed by atoms with Crippen molar-refractivity contribution in [2.45, 2.75) is 41.3 Å². The summed E-state index contributed by atoms with van der Waals surface area (Å²) in [6.07, 6.45) is 5.69. The molecule has 0 N–H and O–H groups in total. The fraction of sp³-hybridized carbons (Fsp3) is 0.462. The number of fused-ring (bicyclic) bond motifs is 1. The number of aryl methyl sites for hydroxylation is 1. The van der Waals surface area contributed by atoms with Crippen molar-refractivity contribution in [3.63, 3.8) is 0 Å². The van der Waals surface area contributed by atoms with E-state index < -0.39 is 3.79 Å². The maximum atomic E-state index is 6.33. The van der Waals surface area contributed by atoms with Gasteiger partial charge in [-0.2, -0.15) is 0 Å². The highest BCUT2D eigenvalue weighted by molar-refractivity contribution is 6.66. The van der Waals surface area contributed by atoms with Crippen molar-refractivity contribution in [1.82, 2.24) is 19.7 Å². The third kappa shape index (κ3) is 5.63. The highest BCUT2D eigenvalue weighted by atomic mass is 35.6. The summed E-state index contributed by atoms with van der Waals surface area (Å²) in [5.41, 5.74) is 3.34. The van der Waals surface area contributed by atoms with Crippen LogP contribution in [0.5, 0.6) is 0 Å². The minimum Gasteiger partial charge on any atom is -0.314 e. The minimum absolute atomic E-state index is 0. The summed E-state index contributed by atoms with van der Waals surface area (Å²) in [6, 6.07) is 16.0. The number of rotatable bonds is 8. The number of aromatic nitrogens is 3. The van der Waals surface area contributed by atoms with E-state index in [-0.39, 0.29) is 12.4 Å². The molecular formula is C26H29Cl5N4. The number of unbranched alkanes of at least 4 members (excludes halogenated alkanes) is 2. The summed E-state index contributed by atoms with van der Waals surface area (Å²) in [6.45, 7) is 3.47. The first-order valence-electron chi connectivity index (χ1n) is 11.8. The molecule has 2 fully saturated rings. The highest BCUT2D eigenvalue weighted by Gasteiger charge is 2.60. The van der Waals surface area contributed by atoms with Gasteiger partial charge in [0.25, 0.3) is 0 Å². The van der Waals surface area contributed by atoms with Crippen LogP contribution in [0.1, 0.15) is 42.6 Å². The van der Waals surface area contributed by atoms with Gasteiger partial charge in [-0.25, -0.2) is 0 Å². The highest BCUT2D eigenvalue weighted by Crippen LogP contribution is 2.59. The van der Waals surface area contributed by atoms with Gasteiger partial charge in [0.1, 0.15) is 5.82 Å². The minimum atomic E-state index is -1.36. The first kappa shape index (κ1) is 27.0. The molecular weight excluding hydrogens is 546 g/mol. The lowest BCUT2D eigenvalue weighted by Gasteiger charge is -2.21. The maximum Gasteiger partial charge on any atom is 0.216 e. The second kappa shape index (κ2) is 10.8. The van der Waals surface area contributed by atoms with Crippen molar-refractivity contribution in [2.24, 2.45) is 13.0 Å². The number of piperidine rings is 1. The Balaban J connectivity index is 0.00000289. The fourth-order valence-corrected chi connectivity index (χ4v) is 6.05. The lowest BCUT2D eigenvalue weighted by atomic mass is 9.94. The van der Waals surface area contributed by atoms with Crippen LogP contribution >= 0.6 is 58.8 Å². The topological polar surface area (TPSA) is 34.0 Å². The average molecular weight is 575 g/mol. The van der Waals surface area contributed by atoms with E-state index in [1.54, 1.807) is 0 Å². The van der Waals surface area contributed by atoms with Crippen LogP contribution in [0.4, 0.5) is 0 Å². The molecule has 2 aliphatic rings. The van der Waals surface area contributed by atoms with Crippen LogP contribution < -0.4 is 0 Å². The predicted molar refractivity (Wildman–Crippen MR) is 148 cm³/mol. The molecule has 0 spiro atoms. The Morgan fingerprint density at radius 3 is 2.46 bits per heavy atom. The Morgan fingerprint density at radius 2 is 1.74 bits per heavy atom. The molecule has 0 radical (unpaired) electrons. The number of hydrogen-bond acceptors (Lipinski definition) is 3. The van der Waals surface area contributed by atoms with Crippen LogP contribution in [-0.4, -0.2) is 39.3 Å². The van der Waals surface area contributed by atoms with Crippen molar-refractivity contribution in [1.29, 1.82) is 0 Å². The Hall–Kier alpha value is -1.01.